The number of likely N-dealkylation sites (tertiary alicyclic amines) is 2. The van der Waals surface area contributed by atoms with Crippen LogP contribution >= 0.6 is 0 Å². The zero-order valence-electron chi connectivity index (χ0n) is 29.9. The number of benzene rings is 3. The highest BCUT2D eigenvalue weighted by Crippen LogP contribution is 2.44. The summed E-state index contributed by atoms with van der Waals surface area (Å²) in [5.74, 6) is 0.307. The van der Waals surface area contributed by atoms with Crippen LogP contribution in [0.5, 0.6) is 11.5 Å². The number of aromatic carboxylic acids is 1. The van der Waals surface area contributed by atoms with Crippen LogP contribution in [-0.2, 0) is 24.3 Å². The summed E-state index contributed by atoms with van der Waals surface area (Å²) in [7, 11) is 0. The molecular weight excluding hydrogens is 619 g/mol. The normalized spacial score (nSPS) is 16.4. The van der Waals surface area contributed by atoms with E-state index in [9.17, 15) is 14.7 Å². The maximum absolute atomic E-state index is 16.0. The minimum Gasteiger partial charge on any atom is -0.493 e. The van der Waals surface area contributed by atoms with Crippen molar-refractivity contribution in [1.29, 1.82) is 0 Å². The van der Waals surface area contributed by atoms with Gasteiger partial charge in [0.25, 0.3) is 0 Å². The first kappa shape index (κ1) is 36.4. The number of ether oxygens (including phenoxy) is 2. The Morgan fingerprint density at radius 3 is 2.20 bits per heavy atom. The van der Waals surface area contributed by atoms with E-state index in [1.807, 2.05) is 23.1 Å². The molecular formula is C41H53FN2O5. The summed E-state index contributed by atoms with van der Waals surface area (Å²) >= 11 is 0. The van der Waals surface area contributed by atoms with E-state index < -0.39 is 5.97 Å². The molecule has 0 saturated carbocycles. The first-order valence-electron chi connectivity index (χ1n) is 17.9. The highest BCUT2D eigenvalue weighted by molar-refractivity contribution is 5.87. The van der Waals surface area contributed by atoms with Gasteiger partial charge in [0.1, 0.15) is 17.3 Å². The van der Waals surface area contributed by atoms with Crippen molar-refractivity contribution in [2.45, 2.75) is 92.7 Å². The second kappa shape index (κ2) is 15.8. The predicted molar refractivity (Wildman–Crippen MR) is 192 cm³/mol. The van der Waals surface area contributed by atoms with E-state index >= 15 is 4.39 Å². The first-order valence-corrected chi connectivity index (χ1v) is 17.9. The summed E-state index contributed by atoms with van der Waals surface area (Å²) < 4.78 is 28.9. The average molecular weight is 673 g/mol. The lowest BCUT2D eigenvalue weighted by atomic mass is 9.77. The number of piperidine rings is 1. The third-order valence-corrected chi connectivity index (χ3v) is 9.87. The third-order valence-electron chi connectivity index (χ3n) is 9.87. The molecule has 2 fully saturated rings. The molecule has 264 valence electrons. The molecule has 0 unspecified atom stereocenters. The van der Waals surface area contributed by atoms with E-state index in [4.69, 9.17) is 9.47 Å². The summed E-state index contributed by atoms with van der Waals surface area (Å²) in [4.78, 5) is 28.7. The van der Waals surface area contributed by atoms with Gasteiger partial charge in [0.2, 0.25) is 5.91 Å². The van der Waals surface area contributed by atoms with Gasteiger partial charge in [-0.05, 0) is 97.0 Å². The zero-order chi connectivity index (χ0) is 35.2. The molecule has 8 heteroatoms. The Hall–Kier alpha value is -3.91. The molecule has 0 aromatic heterocycles. The number of carbonyl (C=O) groups is 2. The molecule has 2 saturated heterocycles. The van der Waals surface area contributed by atoms with Gasteiger partial charge in [0.15, 0.2) is 0 Å². The molecule has 3 aromatic rings. The molecule has 3 aromatic carbocycles. The smallest absolute Gasteiger partial charge is 0.335 e. The number of carboxylic acid groups (broad SMARTS) is 1. The first-order chi connectivity index (χ1) is 23.4. The predicted octanol–water partition coefficient (Wildman–Crippen LogP) is 8.76. The molecule has 7 nitrogen and oxygen atoms in total. The molecule has 2 aliphatic rings. The highest BCUT2D eigenvalue weighted by atomic mass is 19.1. The van der Waals surface area contributed by atoms with Crippen LogP contribution in [0.3, 0.4) is 0 Å². The fourth-order valence-corrected chi connectivity index (χ4v) is 7.02. The van der Waals surface area contributed by atoms with Crippen molar-refractivity contribution in [3.05, 3.63) is 82.7 Å². The molecule has 1 amide bonds. The maximum atomic E-state index is 16.0. The number of halogens is 1. The molecule has 1 spiro atoms. The summed E-state index contributed by atoms with van der Waals surface area (Å²) in [6.45, 7) is 15.4. The van der Waals surface area contributed by atoms with Gasteiger partial charge in [0, 0.05) is 31.6 Å². The number of nitrogens with zero attached hydrogens (tertiary/aromatic N) is 2. The minimum atomic E-state index is -0.953. The Morgan fingerprint density at radius 2 is 1.59 bits per heavy atom. The van der Waals surface area contributed by atoms with Crippen molar-refractivity contribution in [3.8, 4) is 22.6 Å². The molecule has 0 aliphatic carbocycles. The summed E-state index contributed by atoms with van der Waals surface area (Å²) in [6.07, 6.45) is 5.62. The van der Waals surface area contributed by atoms with Crippen LogP contribution in [-0.4, -0.2) is 59.6 Å². The average Bonchev–Trinajstić information content (AvgIpc) is 3.35. The second-order valence-electron chi connectivity index (χ2n) is 15.2. The van der Waals surface area contributed by atoms with Gasteiger partial charge in [-0.25, -0.2) is 9.18 Å². The molecule has 1 N–H and O–H groups in total. The van der Waals surface area contributed by atoms with Gasteiger partial charge in [-0.2, -0.15) is 0 Å². The fraction of sp³-hybridized carbons (Fsp3) is 0.512. The van der Waals surface area contributed by atoms with Crippen molar-refractivity contribution >= 4 is 11.9 Å². The number of amides is 1. The lowest BCUT2D eigenvalue weighted by Crippen LogP contribution is -2.41. The van der Waals surface area contributed by atoms with E-state index in [0.29, 0.717) is 67.3 Å². The minimum absolute atomic E-state index is 0.0455. The van der Waals surface area contributed by atoms with Gasteiger partial charge >= 0.3 is 5.97 Å². The molecule has 0 bridgehead atoms. The summed E-state index contributed by atoms with van der Waals surface area (Å²) in [5, 5.41) is 9.21. The molecule has 5 rings (SSSR count). The van der Waals surface area contributed by atoms with Crippen molar-refractivity contribution in [3.63, 3.8) is 0 Å². The summed E-state index contributed by atoms with van der Waals surface area (Å²) in [6, 6.07) is 16.5. The standard InChI is InChI=1S/C41H53FN2O5/c1-6-9-31-10-8-11-33(38(31)42)37-34(48-21-7-2)23-30(24-35(37)49-22-18-40(3,4)5)26-43-19-16-41(17-20-43)25-36(45)44(28-41)27-29-12-14-32(15-13-29)39(46)47/h8,10-15,23-24H,6-7,9,16-22,25-28H2,1-5H3,(H,46,47). The van der Waals surface area contributed by atoms with E-state index in [2.05, 4.69) is 51.7 Å². The van der Waals surface area contributed by atoms with Gasteiger partial charge in [0.05, 0.1) is 24.3 Å². The highest BCUT2D eigenvalue weighted by Gasteiger charge is 2.44. The van der Waals surface area contributed by atoms with E-state index in [-0.39, 0.29) is 28.1 Å². The number of carbonyl (C=O) groups excluding carboxylic acids is 1. The van der Waals surface area contributed by atoms with Crippen LogP contribution in [0.4, 0.5) is 4.39 Å². The topological polar surface area (TPSA) is 79.3 Å². The quantitative estimate of drug-likeness (QED) is 0.185. The van der Waals surface area contributed by atoms with Crippen LogP contribution in [0.2, 0.25) is 0 Å². The monoisotopic (exact) mass is 672 g/mol. The lowest BCUT2D eigenvalue weighted by molar-refractivity contribution is -0.128. The molecule has 49 heavy (non-hydrogen) atoms. The maximum Gasteiger partial charge on any atom is 0.335 e. The molecule has 2 heterocycles. The van der Waals surface area contributed by atoms with Crippen LogP contribution in [0.15, 0.2) is 54.6 Å². The van der Waals surface area contributed by atoms with E-state index in [1.165, 1.54) is 0 Å². The zero-order valence-corrected chi connectivity index (χ0v) is 29.9. The molecule has 0 atom stereocenters. The van der Waals surface area contributed by atoms with Gasteiger partial charge in [-0.15, -0.1) is 0 Å². The Morgan fingerprint density at radius 1 is 0.918 bits per heavy atom. The third kappa shape index (κ3) is 9.21. The van der Waals surface area contributed by atoms with Crippen molar-refractivity contribution < 1.29 is 28.6 Å². The van der Waals surface area contributed by atoms with Gasteiger partial charge < -0.3 is 19.5 Å². The lowest BCUT2D eigenvalue weighted by Gasteiger charge is -2.39. The fourth-order valence-electron chi connectivity index (χ4n) is 7.02. The Bertz CT molecular complexity index is 1610. The molecule has 2 aliphatic heterocycles. The number of aryl methyl sites for hydroxylation is 1. The Balaban J connectivity index is 1.34. The van der Waals surface area contributed by atoms with Crippen molar-refractivity contribution in [2.24, 2.45) is 10.8 Å². The Labute approximate surface area is 291 Å². The number of hydrogen-bond donors (Lipinski definition) is 1. The van der Waals surface area contributed by atoms with Crippen molar-refractivity contribution in [1.82, 2.24) is 9.80 Å². The molecule has 0 radical (unpaired) electrons. The second-order valence-corrected chi connectivity index (χ2v) is 15.2. The van der Waals surface area contributed by atoms with Crippen LogP contribution in [0.25, 0.3) is 11.1 Å². The Kier molecular flexibility index (Phi) is 11.7. The van der Waals surface area contributed by atoms with Gasteiger partial charge in [-0.3, -0.25) is 9.69 Å². The van der Waals surface area contributed by atoms with Crippen LogP contribution in [0, 0.1) is 16.6 Å². The SMILES string of the molecule is CCCOc1cc(CN2CCC3(CC2)CC(=O)N(Cc2ccc(C(=O)O)cc2)C3)cc(OCCC(C)(C)C)c1-c1cccc(CCC)c1F. The number of rotatable bonds is 14. The van der Waals surface area contributed by atoms with Crippen molar-refractivity contribution in [2.75, 3.05) is 32.8 Å². The van der Waals surface area contributed by atoms with Gasteiger partial charge in [-0.1, -0.05) is 71.4 Å². The van der Waals surface area contributed by atoms with Crippen LogP contribution < -0.4 is 9.47 Å². The number of carboxylic acids is 1. The van der Waals surface area contributed by atoms with Crippen LogP contribution in [0.1, 0.15) is 100 Å². The largest absolute Gasteiger partial charge is 0.493 e. The summed E-state index contributed by atoms with van der Waals surface area (Å²) in [5.41, 5.74) is 4.20. The van der Waals surface area contributed by atoms with E-state index in [1.54, 1.807) is 24.3 Å². The van der Waals surface area contributed by atoms with E-state index in [0.717, 1.165) is 62.9 Å². The number of hydrogen-bond acceptors (Lipinski definition) is 5.